The number of hydrogen-bond acceptors (Lipinski definition) is 7. The SMILES string of the molecule is COc1ccc(N2C(=O)C=C(N3CCN(c4ccc(C(=O)c5cccnc5)cc4)CC3)C2=O)cc1. The summed E-state index contributed by atoms with van der Waals surface area (Å²) in [5, 5.41) is 0. The third-order valence-electron chi connectivity index (χ3n) is 6.27. The number of amides is 2. The molecule has 0 atom stereocenters. The summed E-state index contributed by atoms with van der Waals surface area (Å²) in [6.07, 6.45) is 4.62. The average Bonchev–Trinajstić information content (AvgIpc) is 3.22. The largest absolute Gasteiger partial charge is 0.497 e. The maximum atomic E-state index is 13.1. The highest BCUT2D eigenvalue weighted by atomic mass is 16.5. The van der Waals surface area contributed by atoms with Gasteiger partial charge in [0.15, 0.2) is 5.78 Å². The van der Waals surface area contributed by atoms with Crippen LogP contribution in [0.3, 0.4) is 0 Å². The number of carbonyl (C=O) groups is 3. The van der Waals surface area contributed by atoms with E-state index in [1.165, 1.54) is 11.0 Å². The van der Waals surface area contributed by atoms with Gasteiger partial charge in [0.1, 0.15) is 11.4 Å². The number of hydrogen-bond donors (Lipinski definition) is 0. The van der Waals surface area contributed by atoms with E-state index >= 15 is 0 Å². The second-order valence-electron chi connectivity index (χ2n) is 8.30. The van der Waals surface area contributed by atoms with Gasteiger partial charge in [-0.15, -0.1) is 0 Å². The molecule has 0 radical (unpaired) electrons. The predicted molar refractivity (Wildman–Crippen MR) is 131 cm³/mol. The van der Waals surface area contributed by atoms with E-state index in [9.17, 15) is 14.4 Å². The van der Waals surface area contributed by atoms with Crippen molar-refractivity contribution in [2.45, 2.75) is 0 Å². The minimum Gasteiger partial charge on any atom is -0.497 e. The number of ether oxygens (including phenoxy) is 1. The van der Waals surface area contributed by atoms with E-state index in [1.54, 1.807) is 55.9 Å². The van der Waals surface area contributed by atoms with E-state index in [4.69, 9.17) is 4.74 Å². The van der Waals surface area contributed by atoms with E-state index in [-0.39, 0.29) is 17.6 Å². The molecule has 1 saturated heterocycles. The zero-order chi connectivity index (χ0) is 24.4. The van der Waals surface area contributed by atoms with Crippen LogP contribution in [0.1, 0.15) is 15.9 Å². The van der Waals surface area contributed by atoms with Crippen molar-refractivity contribution in [2.24, 2.45) is 0 Å². The van der Waals surface area contributed by atoms with Gasteiger partial charge in [0.05, 0.1) is 12.8 Å². The fraction of sp³-hybridized carbons (Fsp3) is 0.185. The number of pyridine rings is 1. The van der Waals surface area contributed by atoms with Crippen LogP contribution in [0.2, 0.25) is 0 Å². The molecule has 0 N–H and O–H groups in total. The number of imide groups is 1. The summed E-state index contributed by atoms with van der Waals surface area (Å²) in [4.78, 5) is 47.6. The van der Waals surface area contributed by atoms with Gasteiger partial charge in [0.2, 0.25) is 0 Å². The summed E-state index contributed by atoms with van der Waals surface area (Å²) < 4.78 is 5.15. The fourth-order valence-electron chi connectivity index (χ4n) is 4.35. The second-order valence-corrected chi connectivity index (χ2v) is 8.30. The van der Waals surface area contributed by atoms with Crippen molar-refractivity contribution in [3.8, 4) is 5.75 Å². The van der Waals surface area contributed by atoms with Crippen molar-refractivity contribution in [1.82, 2.24) is 9.88 Å². The molecule has 1 fully saturated rings. The summed E-state index contributed by atoms with van der Waals surface area (Å²) >= 11 is 0. The van der Waals surface area contributed by atoms with Crippen LogP contribution in [0.15, 0.2) is 84.8 Å². The quantitative estimate of drug-likeness (QED) is 0.406. The van der Waals surface area contributed by atoms with E-state index in [0.29, 0.717) is 54.4 Å². The Morgan fingerprint density at radius 3 is 2.11 bits per heavy atom. The lowest BCUT2D eigenvalue weighted by atomic mass is 10.0. The Balaban J connectivity index is 1.22. The molecule has 2 aromatic carbocycles. The number of piperazine rings is 1. The Hall–Kier alpha value is -4.46. The lowest BCUT2D eigenvalue weighted by molar-refractivity contribution is -0.121. The van der Waals surface area contributed by atoms with Gasteiger partial charge in [-0.2, -0.15) is 0 Å². The zero-order valence-corrected chi connectivity index (χ0v) is 19.3. The molecule has 0 spiro atoms. The van der Waals surface area contributed by atoms with Gasteiger partial charge in [-0.05, 0) is 60.7 Å². The van der Waals surface area contributed by atoms with Crippen LogP contribution in [0.25, 0.3) is 0 Å². The summed E-state index contributed by atoms with van der Waals surface area (Å²) in [5.74, 6) is -0.0581. The molecule has 176 valence electrons. The lowest BCUT2D eigenvalue weighted by Gasteiger charge is -2.37. The van der Waals surface area contributed by atoms with Gasteiger partial charge in [-0.1, -0.05) is 0 Å². The second kappa shape index (κ2) is 9.42. The van der Waals surface area contributed by atoms with Crippen LogP contribution in [0, 0.1) is 0 Å². The summed E-state index contributed by atoms with van der Waals surface area (Å²) in [6.45, 7) is 2.60. The Morgan fingerprint density at radius 2 is 1.49 bits per heavy atom. The Morgan fingerprint density at radius 1 is 0.829 bits per heavy atom. The molecule has 35 heavy (non-hydrogen) atoms. The average molecular weight is 469 g/mol. The summed E-state index contributed by atoms with van der Waals surface area (Å²) in [6, 6.07) is 17.9. The molecule has 8 heteroatoms. The first kappa shape index (κ1) is 22.3. The normalized spacial score (nSPS) is 15.9. The highest BCUT2D eigenvalue weighted by molar-refractivity contribution is 6.30. The van der Waals surface area contributed by atoms with Crippen molar-refractivity contribution in [1.29, 1.82) is 0 Å². The minimum absolute atomic E-state index is 0.0627. The maximum absolute atomic E-state index is 13.1. The molecule has 3 aromatic rings. The van der Waals surface area contributed by atoms with E-state index in [1.807, 2.05) is 29.2 Å². The van der Waals surface area contributed by atoms with Gasteiger partial charge >= 0.3 is 0 Å². The van der Waals surface area contributed by atoms with Crippen LogP contribution < -0.4 is 14.5 Å². The van der Waals surface area contributed by atoms with Gasteiger partial charge < -0.3 is 14.5 Å². The van der Waals surface area contributed by atoms with Crippen molar-refractivity contribution in [3.63, 3.8) is 0 Å². The molecule has 5 rings (SSSR count). The predicted octanol–water partition coefficient (Wildman–Crippen LogP) is 2.90. The smallest absolute Gasteiger partial charge is 0.281 e. The molecular weight excluding hydrogens is 444 g/mol. The third-order valence-corrected chi connectivity index (χ3v) is 6.27. The maximum Gasteiger partial charge on any atom is 0.281 e. The van der Waals surface area contributed by atoms with Crippen LogP contribution in [-0.2, 0) is 9.59 Å². The molecule has 1 aromatic heterocycles. The third kappa shape index (κ3) is 4.38. The van der Waals surface area contributed by atoms with Crippen LogP contribution in [0.5, 0.6) is 5.75 Å². The van der Waals surface area contributed by atoms with Gasteiger partial charge in [0.25, 0.3) is 11.8 Å². The van der Waals surface area contributed by atoms with Gasteiger partial charge in [-0.25, -0.2) is 4.90 Å². The van der Waals surface area contributed by atoms with Crippen molar-refractivity contribution in [2.75, 3.05) is 43.1 Å². The molecule has 0 saturated carbocycles. The number of anilines is 2. The molecule has 2 aliphatic rings. The Kier molecular flexibility index (Phi) is 6.01. The van der Waals surface area contributed by atoms with Crippen molar-refractivity contribution >= 4 is 29.0 Å². The van der Waals surface area contributed by atoms with Gasteiger partial charge in [-0.3, -0.25) is 19.4 Å². The van der Waals surface area contributed by atoms with E-state index < -0.39 is 0 Å². The lowest BCUT2D eigenvalue weighted by Crippen LogP contribution is -2.47. The number of methoxy groups -OCH3 is 1. The van der Waals surface area contributed by atoms with Crippen LogP contribution >= 0.6 is 0 Å². The number of carbonyl (C=O) groups excluding carboxylic acids is 3. The molecule has 8 nitrogen and oxygen atoms in total. The first-order valence-corrected chi connectivity index (χ1v) is 11.3. The molecule has 2 aliphatic heterocycles. The molecule has 0 unspecified atom stereocenters. The number of ketones is 1. The highest BCUT2D eigenvalue weighted by Crippen LogP contribution is 2.27. The number of nitrogens with zero attached hydrogens (tertiary/aromatic N) is 4. The standard InChI is InChI=1S/C27H24N4O4/c1-35-23-10-8-22(9-11-23)31-25(32)17-24(27(31)34)30-15-13-29(14-16-30)21-6-4-19(5-7-21)26(33)20-3-2-12-28-18-20/h2-12,17-18H,13-16H2,1H3. The fourth-order valence-corrected chi connectivity index (χ4v) is 4.35. The summed E-state index contributed by atoms with van der Waals surface area (Å²) in [7, 11) is 1.57. The van der Waals surface area contributed by atoms with Crippen LogP contribution in [0.4, 0.5) is 11.4 Å². The number of benzene rings is 2. The summed E-state index contributed by atoms with van der Waals surface area (Å²) in [5.41, 5.74) is 3.12. The molecule has 2 amide bonds. The van der Waals surface area contributed by atoms with E-state index in [2.05, 4.69) is 9.88 Å². The highest BCUT2D eigenvalue weighted by Gasteiger charge is 2.36. The molecular formula is C27H24N4O4. The molecule has 3 heterocycles. The monoisotopic (exact) mass is 468 g/mol. The topological polar surface area (TPSA) is 83.1 Å². The van der Waals surface area contributed by atoms with Gasteiger partial charge in [0, 0.05) is 61.5 Å². The molecule has 0 bridgehead atoms. The zero-order valence-electron chi connectivity index (χ0n) is 19.3. The van der Waals surface area contributed by atoms with Crippen LogP contribution in [-0.4, -0.2) is 60.8 Å². The Bertz CT molecular complexity index is 1280. The molecule has 0 aliphatic carbocycles. The number of aromatic nitrogens is 1. The number of rotatable bonds is 6. The Labute approximate surface area is 203 Å². The van der Waals surface area contributed by atoms with Crippen molar-refractivity contribution in [3.05, 3.63) is 96.0 Å². The minimum atomic E-state index is -0.341. The first-order chi connectivity index (χ1) is 17.0. The van der Waals surface area contributed by atoms with Crippen molar-refractivity contribution < 1.29 is 19.1 Å². The first-order valence-electron chi connectivity index (χ1n) is 11.3. The van der Waals surface area contributed by atoms with E-state index in [0.717, 1.165) is 5.69 Å².